The number of carbonyl (C=O) groups excluding carboxylic acids is 2. The number of fused-ring (bicyclic) bond motifs is 1. The Hall–Kier alpha value is -3.10. The molecule has 0 radical (unpaired) electrons. The molecule has 0 aliphatic carbocycles. The van der Waals surface area contributed by atoms with Crippen LogP contribution in [0.1, 0.15) is 49.5 Å². The second kappa shape index (κ2) is 11.6. The van der Waals surface area contributed by atoms with Crippen LogP contribution in [0, 0.1) is 17.7 Å². The van der Waals surface area contributed by atoms with Gasteiger partial charge in [-0.2, -0.15) is 5.10 Å². The molecular weight excluding hydrogens is 495 g/mol. The molecule has 5 rings (SSSR count). The number of nitrogens with zero attached hydrogens (tertiary/aromatic N) is 4. The predicted molar refractivity (Wildman–Crippen MR) is 150 cm³/mol. The fourth-order valence-electron chi connectivity index (χ4n) is 6.38. The summed E-state index contributed by atoms with van der Waals surface area (Å²) in [5.41, 5.74) is 4.25. The Labute approximate surface area is 229 Å². The van der Waals surface area contributed by atoms with Crippen LogP contribution in [0.25, 0.3) is 22.0 Å². The van der Waals surface area contributed by atoms with E-state index in [1.807, 2.05) is 24.9 Å². The van der Waals surface area contributed by atoms with Gasteiger partial charge in [0.05, 0.1) is 36.5 Å². The summed E-state index contributed by atoms with van der Waals surface area (Å²) in [6.07, 6.45) is 5.33. The Morgan fingerprint density at radius 3 is 2.69 bits per heavy atom. The number of likely N-dealkylation sites (tertiary alicyclic amines) is 1. The average molecular weight is 535 g/mol. The first-order chi connectivity index (χ1) is 18.8. The molecule has 2 fully saturated rings. The molecule has 1 aromatic heterocycles. The summed E-state index contributed by atoms with van der Waals surface area (Å²) in [7, 11) is 1.95. The molecule has 0 N–H and O–H groups in total. The van der Waals surface area contributed by atoms with Crippen molar-refractivity contribution in [2.45, 2.75) is 52.1 Å². The van der Waals surface area contributed by atoms with Gasteiger partial charge in [-0.15, -0.1) is 0 Å². The van der Waals surface area contributed by atoms with Crippen molar-refractivity contribution in [2.75, 3.05) is 32.8 Å². The van der Waals surface area contributed by atoms with Crippen molar-refractivity contribution >= 4 is 23.1 Å². The first kappa shape index (κ1) is 27.5. The van der Waals surface area contributed by atoms with E-state index in [0.717, 1.165) is 54.2 Å². The van der Waals surface area contributed by atoms with E-state index in [0.29, 0.717) is 49.6 Å². The molecule has 208 valence electrons. The normalized spacial score (nSPS) is 19.4. The molecular formula is C31H39FN4O3. The number of ether oxygens (including phenoxy) is 1. The van der Waals surface area contributed by atoms with Crippen molar-refractivity contribution in [1.29, 1.82) is 0 Å². The van der Waals surface area contributed by atoms with Gasteiger partial charge < -0.3 is 14.4 Å². The van der Waals surface area contributed by atoms with Gasteiger partial charge in [0, 0.05) is 44.5 Å². The molecule has 3 aromatic rings. The number of hydrogen-bond donors (Lipinski definition) is 0. The van der Waals surface area contributed by atoms with Gasteiger partial charge in [-0.05, 0) is 60.4 Å². The second-order valence-corrected chi connectivity index (χ2v) is 11.5. The van der Waals surface area contributed by atoms with Crippen LogP contribution in [0.4, 0.5) is 4.39 Å². The lowest BCUT2D eigenvalue weighted by atomic mass is 9.85. The maximum Gasteiger partial charge on any atom is 0.254 e. The van der Waals surface area contributed by atoms with E-state index in [1.54, 1.807) is 11.0 Å². The van der Waals surface area contributed by atoms with Gasteiger partial charge in [0.15, 0.2) is 0 Å². The van der Waals surface area contributed by atoms with Crippen molar-refractivity contribution in [2.24, 2.45) is 18.9 Å². The molecule has 1 amide bonds. The molecule has 0 bridgehead atoms. The Balaban J connectivity index is 1.42. The van der Waals surface area contributed by atoms with Crippen LogP contribution < -0.4 is 0 Å². The summed E-state index contributed by atoms with van der Waals surface area (Å²) in [4.78, 5) is 28.8. The highest BCUT2D eigenvalue weighted by Gasteiger charge is 2.34. The summed E-state index contributed by atoms with van der Waals surface area (Å²) in [6.45, 7) is 9.92. The van der Waals surface area contributed by atoms with Crippen molar-refractivity contribution in [1.82, 2.24) is 19.6 Å². The van der Waals surface area contributed by atoms with Gasteiger partial charge in [-0.25, -0.2) is 4.39 Å². The van der Waals surface area contributed by atoms with Crippen LogP contribution in [0.3, 0.4) is 0 Å². The molecule has 2 aliphatic heterocycles. The number of halogens is 1. The van der Waals surface area contributed by atoms with Crippen molar-refractivity contribution in [3.05, 3.63) is 53.5 Å². The molecule has 0 unspecified atom stereocenters. The fraction of sp³-hybridized carbons (Fsp3) is 0.516. The lowest BCUT2D eigenvalue weighted by Gasteiger charge is -2.46. The smallest absolute Gasteiger partial charge is 0.254 e. The first-order valence-corrected chi connectivity index (χ1v) is 14.1. The van der Waals surface area contributed by atoms with Crippen LogP contribution in [0.15, 0.2) is 36.5 Å². The molecule has 39 heavy (non-hydrogen) atoms. The number of carbonyl (C=O) groups is 2. The number of aryl methyl sites for hydroxylation is 1. The third-order valence-corrected chi connectivity index (χ3v) is 8.43. The monoisotopic (exact) mass is 534 g/mol. The SMILES string of the molecule is CC(C)[C@@H](CCC=O)N1CC(Cc2ccc(-c3ccc(F)cc3C(=O)N3CCOC[C@H]3C)c3cnn(C)c23)C1. The number of hydrogen-bond acceptors (Lipinski definition) is 5. The minimum atomic E-state index is -0.426. The van der Waals surface area contributed by atoms with Gasteiger partial charge in [-0.1, -0.05) is 32.0 Å². The number of morpholine rings is 1. The molecule has 8 heteroatoms. The quantitative estimate of drug-likeness (QED) is 0.372. The zero-order valence-corrected chi connectivity index (χ0v) is 23.4. The van der Waals surface area contributed by atoms with Crippen LogP contribution in [0.5, 0.6) is 0 Å². The Kier molecular flexibility index (Phi) is 8.14. The van der Waals surface area contributed by atoms with E-state index in [-0.39, 0.29) is 11.9 Å². The van der Waals surface area contributed by atoms with Crippen LogP contribution in [-0.4, -0.2) is 76.7 Å². The van der Waals surface area contributed by atoms with Gasteiger partial charge in [0.25, 0.3) is 5.91 Å². The van der Waals surface area contributed by atoms with Gasteiger partial charge in [0.1, 0.15) is 12.1 Å². The maximum absolute atomic E-state index is 14.4. The molecule has 2 atom stereocenters. The zero-order chi connectivity index (χ0) is 27.7. The predicted octanol–water partition coefficient (Wildman–Crippen LogP) is 4.72. The van der Waals surface area contributed by atoms with Crippen molar-refractivity contribution in [3.8, 4) is 11.1 Å². The van der Waals surface area contributed by atoms with Gasteiger partial charge in [0.2, 0.25) is 0 Å². The topological polar surface area (TPSA) is 67.7 Å². The lowest BCUT2D eigenvalue weighted by Crippen LogP contribution is -2.54. The molecule has 0 spiro atoms. The highest BCUT2D eigenvalue weighted by atomic mass is 19.1. The number of amides is 1. The molecule has 2 saturated heterocycles. The lowest BCUT2D eigenvalue weighted by molar-refractivity contribution is -0.108. The largest absolute Gasteiger partial charge is 0.377 e. The summed E-state index contributed by atoms with van der Waals surface area (Å²) in [5, 5.41) is 5.54. The highest BCUT2D eigenvalue weighted by molar-refractivity contribution is 6.06. The molecule has 2 aromatic carbocycles. The van der Waals surface area contributed by atoms with Crippen molar-refractivity contribution < 1.29 is 18.7 Å². The van der Waals surface area contributed by atoms with Crippen LogP contribution in [0.2, 0.25) is 0 Å². The third kappa shape index (κ3) is 5.50. The summed E-state index contributed by atoms with van der Waals surface area (Å²) >= 11 is 0. The number of benzene rings is 2. The van der Waals surface area contributed by atoms with Crippen LogP contribution in [-0.2, 0) is 23.0 Å². The Morgan fingerprint density at radius 2 is 1.97 bits per heavy atom. The second-order valence-electron chi connectivity index (χ2n) is 11.5. The average Bonchev–Trinajstić information content (AvgIpc) is 3.29. The highest BCUT2D eigenvalue weighted by Crippen LogP contribution is 2.36. The summed E-state index contributed by atoms with van der Waals surface area (Å²) < 4.78 is 21.8. The molecule has 7 nitrogen and oxygen atoms in total. The number of aromatic nitrogens is 2. The Morgan fingerprint density at radius 1 is 1.21 bits per heavy atom. The standard InChI is InChI=1S/C31H39FN4O3/c1-20(2)29(6-5-12-37)35-17-22(18-35)14-23-7-9-26(28-16-33-34(4)30(23)28)25-10-8-24(32)15-27(25)31(38)36-11-13-39-19-21(36)3/h7-10,12,15-16,20-22,29H,5-6,11,13-14,17-19H2,1-4H3/t21-,29-/m1/s1. The molecule has 0 saturated carbocycles. The fourth-order valence-corrected chi connectivity index (χ4v) is 6.38. The minimum absolute atomic E-state index is 0.0704. The third-order valence-electron chi connectivity index (χ3n) is 8.43. The number of rotatable bonds is 9. The van der Waals surface area contributed by atoms with E-state index < -0.39 is 5.82 Å². The van der Waals surface area contributed by atoms with E-state index in [9.17, 15) is 14.0 Å². The van der Waals surface area contributed by atoms with Crippen molar-refractivity contribution in [3.63, 3.8) is 0 Å². The molecule has 2 aliphatic rings. The van der Waals surface area contributed by atoms with Gasteiger partial charge >= 0.3 is 0 Å². The first-order valence-electron chi connectivity index (χ1n) is 14.1. The molecule has 3 heterocycles. The van der Waals surface area contributed by atoms with Crippen LogP contribution >= 0.6 is 0 Å². The van der Waals surface area contributed by atoms with E-state index in [2.05, 4.69) is 36.0 Å². The Bertz CT molecular complexity index is 1350. The summed E-state index contributed by atoms with van der Waals surface area (Å²) in [6, 6.07) is 9.06. The summed E-state index contributed by atoms with van der Waals surface area (Å²) in [5.74, 6) is 0.453. The van der Waals surface area contributed by atoms with E-state index >= 15 is 0 Å². The zero-order valence-electron chi connectivity index (χ0n) is 23.4. The van der Waals surface area contributed by atoms with E-state index in [4.69, 9.17) is 4.74 Å². The minimum Gasteiger partial charge on any atom is -0.377 e. The number of aldehydes is 1. The van der Waals surface area contributed by atoms with E-state index in [1.165, 1.54) is 17.7 Å². The maximum atomic E-state index is 14.4. The van der Waals surface area contributed by atoms with Gasteiger partial charge in [-0.3, -0.25) is 14.4 Å².